The molecular formula is C9H10ClN3. The van der Waals surface area contributed by atoms with Crippen LogP contribution in [0.2, 0.25) is 5.02 Å². The van der Waals surface area contributed by atoms with Crippen molar-refractivity contribution in [1.82, 2.24) is 5.43 Å². The topological polar surface area (TPSA) is 50.4 Å². The first kappa shape index (κ1) is 8.53. The maximum atomic E-state index is 5.88. The number of nitrogens with one attached hydrogen (secondary N) is 1. The van der Waals surface area contributed by atoms with Crippen molar-refractivity contribution in [3.05, 3.63) is 34.3 Å². The highest BCUT2D eigenvalue weighted by Gasteiger charge is 2.12. The molecule has 0 atom stereocenters. The SMILES string of the molecule is NNC1=NCCc2cc(Cl)ccc21. The molecule has 0 saturated heterocycles. The van der Waals surface area contributed by atoms with Gasteiger partial charge in [-0.25, -0.2) is 5.84 Å². The summed E-state index contributed by atoms with van der Waals surface area (Å²) in [4.78, 5) is 4.26. The van der Waals surface area contributed by atoms with E-state index in [0.717, 1.165) is 29.4 Å². The number of halogens is 1. The fraction of sp³-hybridized carbons (Fsp3) is 0.222. The number of benzene rings is 1. The maximum absolute atomic E-state index is 5.88. The molecule has 0 fully saturated rings. The van der Waals surface area contributed by atoms with Gasteiger partial charge in [0.25, 0.3) is 0 Å². The summed E-state index contributed by atoms with van der Waals surface area (Å²) in [5.74, 6) is 6.09. The average molecular weight is 196 g/mol. The van der Waals surface area contributed by atoms with Gasteiger partial charge < -0.3 is 5.43 Å². The minimum absolute atomic E-state index is 0.748. The molecule has 1 aromatic carbocycles. The minimum atomic E-state index is 0.748. The van der Waals surface area contributed by atoms with Crippen molar-refractivity contribution in [2.45, 2.75) is 6.42 Å². The van der Waals surface area contributed by atoms with E-state index < -0.39 is 0 Å². The first-order chi connectivity index (χ1) is 6.31. The number of hydrazine groups is 1. The fourth-order valence-corrected chi connectivity index (χ4v) is 1.69. The van der Waals surface area contributed by atoms with Crippen LogP contribution in [0.5, 0.6) is 0 Å². The summed E-state index contributed by atoms with van der Waals surface area (Å²) in [5, 5.41) is 0.761. The van der Waals surface area contributed by atoms with Gasteiger partial charge in [-0.1, -0.05) is 11.6 Å². The van der Waals surface area contributed by atoms with Gasteiger partial charge in [-0.15, -0.1) is 0 Å². The van der Waals surface area contributed by atoms with E-state index in [2.05, 4.69) is 10.4 Å². The molecule has 68 valence electrons. The summed E-state index contributed by atoms with van der Waals surface area (Å²) in [6.45, 7) is 0.771. The summed E-state index contributed by atoms with van der Waals surface area (Å²) in [5.41, 5.74) is 4.84. The lowest BCUT2D eigenvalue weighted by Gasteiger charge is -2.15. The molecule has 13 heavy (non-hydrogen) atoms. The Labute approximate surface area is 81.6 Å². The second kappa shape index (κ2) is 3.36. The summed E-state index contributed by atoms with van der Waals surface area (Å²) in [7, 11) is 0. The van der Waals surface area contributed by atoms with Gasteiger partial charge in [-0.2, -0.15) is 0 Å². The van der Waals surface area contributed by atoms with Crippen LogP contribution in [0.4, 0.5) is 0 Å². The number of hydrogen-bond acceptors (Lipinski definition) is 3. The zero-order valence-electron chi connectivity index (χ0n) is 7.05. The lowest BCUT2D eigenvalue weighted by molar-refractivity contribution is 0.900. The molecule has 1 aromatic rings. The highest BCUT2D eigenvalue weighted by Crippen LogP contribution is 2.19. The molecule has 0 unspecified atom stereocenters. The summed E-state index contributed by atoms with van der Waals surface area (Å²) < 4.78 is 0. The van der Waals surface area contributed by atoms with E-state index in [1.807, 2.05) is 18.2 Å². The minimum Gasteiger partial charge on any atom is -0.308 e. The smallest absolute Gasteiger partial charge is 0.142 e. The molecule has 4 heteroatoms. The second-order valence-corrected chi connectivity index (χ2v) is 3.36. The Bertz CT molecular complexity index is 360. The van der Waals surface area contributed by atoms with Gasteiger partial charge in [0, 0.05) is 17.1 Å². The van der Waals surface area contributed by atoms with Crippen molar-refractivity contribution in [2.24, 2.45) is 10.8 Å². The van der Waals surface area contributed by atoms with Crippen LogP contribution in [0, 0.1) is 0 Å². The first-order valence-corrected chi connectivity index (χ1v) is 4.49. The lowest BCUT2D eigenvalue weighted by atomic mass is 10.0. The predicted octanol–water partition coefficient (Wildman–Crippen LogP) is 1.11. The van der Waals surface area contributed by atoms with Gasteiger partial charge in [0.1, 0.15) is 5.84 Å². The third-order valence-corrected chi connectivity index (χ3v) is 2.35. The molecule has 2 rings (SSSR count). The number of fused-ring (bicyclic) bond motifs is 1. The number of amidine groups is 1. The average Bonchev–Trinajstić information content (AvgIpc) is 2.16. The van der Waals surface area contributed by atoms with Crippen LogP contribution >= 0.6 is 11.6 Å². The molecule has 3 N–H and O–H groups in total. The Kier molecular flexibility index (Phi) is 2.20. The largest absolute Gasteiger partial charge is 0.308 e. The van der Waals surface area contributed by atoms with E-state index in [1.165, 1.54) is 5.56 Å². The van der Waals surface area contributed by atoms with E-state index in [0.29, 0.717) is 0 Å². The van der Waals surface area contributed by atoms with Crippen LogP contribution in [0.3, 0.4) is 0 Å². The zero-order chi connectivity index (χ0) is 9.26. The Morgan fingerprint density at radius 1 is 1.46 bits per heavy atom. The molecule has 0 amide bonds. The van der Waals surface area contributed by atoms with E-state index >= 15 is 0 Å². The first-order valence-electron chi connectivity index (χ1n) is 4.11. The predicted molar refractivity (Wildman–Crippen MR) is 53.9 cm³/mol. The molecular weight excluding hydrogens is 186 g/mol. The van der Waals surface area contributed by atoms with Crippen LogP contribution in [0.1, 0.15) is 11.1 Å². The van der Waals surface area contributed by atoms with Gasteiger partial charge in [0.2, 0.25) is 0 Å². The summed E-state index contributed by atoms with van der Waals surface area (Å²) in [6, 6.07) is 5.75. The number of aliphatic imine (C=N–C) groups is 1. The summed E-state index contributed by atoms with van der Waals surface area (Å²) in [6.07, 6.45) is 0.932. The van der Waals surface area contributed by atoms with Crippen molar-refractivity contribution >= 4 is 17.4 Å². The third kappa shape index (κ3) is 1.53. The van der Waals surface area contributed by atoms with Crippen molar-refractivity contribution in [3.63, 3.8) is 0 Å². The molecule has 1 aliphatic rings. The standard InChI is InChI=1S/C9H10ClN3/c10-7-1-2-8-6(5-7)3-4-12-9(8)13-11/h1-2,5H,3-4,11H2,(H,12,13). The van der Waals surface area contributed by atoms with Crippen LogP contribution in [-0.4, -0.2) is 12.4 Å². The molecule has 0 radical (unpaired) electrons. The molecule has 1 heterocycles. The monoisotopic (exact) mass is 195 g/mol. The van der Waals surface area contributed by atoms with Crippen LogP contribution in [0.15, 0.2) is 23.2 Å². The molecule has 3 nitrogen and oxygen atoms in total. The van der Waals surface area contributed by atoms with E-state index in [1.54, 1.807) is 0 Å². The Balaban J connectivity index is 2.49. The number of nitrogens with two attached hydrogens (primary N) is 1. The second-order valence-electron chi connectivity index (χ2n) is 2.93. The van der Waals surface area contributed by atoms with E-state index in [-0.39, 0.29) is 0 Å². The highest BCUT2D eigenvalue weighted by molar-refractivity contribution is 6.30. The third-order valence-electron chi connectivity index (χ3n) is 2.11. The Hall–Kier alpha value is -1.06. The van der Waals surface area contributed by atoms with Gasteiger partial charge in [-0.3, -0.25) is 4.99 Å². The summed E-state index contributed by atoms with van der Waals surface area (Å²) >= 11 is 5.88. The molecule has 0 aliphatic carbocycles. The lowest BCUT2D eigenvalue weighted by Crippen LogP contribution is -2.33. The van der Waals surface area contributed by atoms with Gasteiger partial charge in [-0.05, 0) is 30.2 Å². The van der Waals surface area contributed by atoms with E-state index in [4.69, 9.17) is 17.4 Å². The molecule has 1 aliphatic heterocycles. The molecule has 0 aromatic heterocycles. The van der Waals surface area contributed by atoms with Crippen LogP contribution < -0.4 is 11.3 Å². The zero-order valence-corrected chi connectivity index (χ0v) is 7.80. The van der Waals surface area contributed by atoms with Crippen molar-refractivity contribution in [1.29, 1.82) is 0 Å². The number of nitrogens with zero attached hydrogens (tertiary/aromatic N) is 1. The van der Waals surface area contributed by atoms with Crippen LogP contribution in [0.25, 0.3) is 0 Å². The highest BCUT2D eigenvalue weighted by atomic mass is 35.5. The van der Waals surface area contributed by atoms with Gasteiger partial charge >= 0.3 is 0 Å². The quantitative estimate of drug-likeness (QED) is 0.481. The maximum Gasteiger partial charge on any atom is 0.142 e. The van der Waals surface area contributed by atoms with Gasteiger partial charge in [0.05, 0.1) is 0 Å². The molecule has 0 saturated carbocycles. The number of rotatable bonds is 0. The van der Waals surface area contributed by atoms with Crippen molar-refractivity contribution < 1.29 is 0 Å². The Morgan fingerprint density at radius 3 is 3.08 bits per heavy atom. The Morgan fingerprint density at radius 2 is 2.31 bits per heavy atom. The molecule has 0 spiro atoms. The van der Waals surface area contributed by atoms with Gasteiger partial charge in [0.15, 0.2) is 0 Å². The normalized spacial score (nSPS) is 14.8. The van der Waals surface area contributed by atoms with Crippen molar-refractivity contribution in [3.8, 4) is 0 Å². The van der Waals surface area contributed by atoms with E-state index in [9.17, 15) is 0 Å². The number of hydrogen-bond donors (Lipinski definition) is 2. The fourth-order valence-electron chi connectivity index (χ4n) is 1.50. The van der Waals surface area contributed by atoms with Crippen LogP contribution in [-0.2, 0) is 6.42 Å². The molecule has 0 bridgehead atoms. The van der Waals surface area contributed by atoms with Crippen molar-refractivity contribution in [2.75, 3.05) is 6.54 Å².